The summed E-state index contributed by atoms with van der Waals surface area (Å²) in [5.74, 6) is 0.942. The number of benzene rings is 1. The molecule has 1 aliphatic heterocycles. The fraction of sp³-hybridized carbons (Fsp3) is 0.500. The van der Waals surface area contributed by atoms with Gasteiger partial charge in [-0.15, -0.1) is 0 Å². The largest absolute Gasteiger partial charge is 0.489 e. The van der Waals surface area contributed by atoms with Gasteiger partial charge in [0.05, 0.1) is 0 Å². The summed E-state index contributed by atoms with van der Waals surface area (Å²) in [6.45, 7) is 6.91. The lowest BCUT2D eigenvalue weighted by Crippen LogP contribution is -2.32. The van der Waals surface area contributed by atoms with Crippen molar-refractivity contribution in [3.8, 4) is 5.75 Å². The van der Waals surface area contributed by atoms with E-state index in [-0.39, 0.29) is 12.0 Å². The van der Waals surface area contributed by atoms with Crippen molar-refractivity contribution < 1.29 is 9.84 Å². The van der Waals surface area contributed by atoms with Gasteiger partial charge in [0.2, 0.25) is 0 Å². The quantitative estimate of drug-likeness (QED) is 0.836. The Morgan fingerprint density at radius 3 is 2.95 bits per heavy atom. The molecule has 0 aliphatic carbocycles. The molecule has 0 saturated heterocycles. The maximum Gasteiger partial charge on any atom is 0.127 e. The van der Waals surface area contributed by atoms with E-state index in [0.717, 1.165) is 35.3 Å². The van der Waals surface area contributed by atoms with Crippen molar-refractivity contribution in [2.24, 2.45) is 5.41 Å². The van der Waals surface area contributed by atoms with Crippen molar-refractivity contribution in [2.75, 3.05) is 26.3 Å². The summed E-state index contributed by atoms with van der Waals surface area (Å²) in [5, 5.41) is 12.5. The molecule has 4 heteroatoms. The Kier molecular flexibility index (Phi) is 5.24. The first-order valence-electron chi connectivity index (χ1n) is 6.93. The van der Waals surface area contributed by atoms with Crippen molar-refractivity contribution >= 4 is 22.0 Å². The van der Waals surface area contributed by atoms with E-state index in [4.69, 9.17) is 9.84 Å². The normalized spacial score (nSPS) is 14.5. The van der Waals surface area contributed by atoms with Crippen LogP contribution in [-0.2, 0) is 0 Å². The maximum atomic E-state index is 9.02. The summed E-state index contributed by atoms with van der Waals surface area (Å²) in [6, 6.07) is 6.06. The molecule has 2 N–H and O–H groups in total. The van der Waals surface area contributed by atoms with Crippen LogP contribution in [0.5, 0.6) is 5.75 Å². The van der Waals surface area contributed by atoms with Gasteiger partial charge >= 0.3 is 0 Å². The van der Waals surface area contributed by atoms with E-state index in [2.05, 4.69) is 47.2 Å². The first kappa shape index (κ1) is 15.5. The molecule has 3 nitrogen and oxygen atoms in total. The smallest absolute Gasteiger partial charge is 0.127 e. The van der Waals surface area contributed by atoms with Crippen molar-refractivity contribution in [1.82, 2.24) is 5.32 Å². The SMILES string of the molecule is CC(C)(CCO)CNCC1=Cc2cc(Br)ccc2OC1. The second kappa shape index (κ2) is 6.74. The molecular formula is C16H22BrNO2. The fourth-order valence-electron chi connectivity index (χ4n) is 2.25. The molecule has 110 valence electrons. The van der Waals surface area contributed by atoms with Crippen LogP contribution in [0, 0.1) is 5.41 Å². The molecule has 0 fully saturated rings. The molecule has 0 unspecified atom stereocenters. The predicted molar refractivity (Wildman–Crippen MR) is 86.0 cm³/mol. The van der Waals surface area contributed by atoms with Crippen LogP contribution in [0.4, 0.5) is 0 Å². The van der Waals surface area contributed by atoms with E-state index in [9.17, 15) is 0 Å². The molecule has 0 bridgehead atoms. The Bertz CT molecular complexity index is 497. The standard InChI is InChI=1S/C16H22BrNO2/c1-16(2,5-6-19)11-18-9-12-7-13-8-14(17)3-4-15(13)20-10-12/h3-4,7-8,18-19H,5-6,9-11H2,1-2H3. The molecule has 1 aliphatic rings. The minimum absolute atomic E-state index is 0.117. The Hall–Kier alpha value is -0.840. The third kappa shape index (κ3) is 4.33. The second-order valence-electron chi connectivity index (χ2n) is 6.01. The predicted octanol–water partition coefficient (Wildman–Crippen LogP) is 3.22. The molecule has 0 amide bonds. The first-order chi connectivity index (χ1) is 9.50. The van der Waals surface area contributed by atoms with E-state index in [1.54, 1.807) is 0 Å². The molecule has 20 heavy (non-hydrogen) atoms. The lowest BCUT2D eigenvalue weighted by atomic mass is 9.89. The number of halogens is 1. The number of fused-ring (bicyclic) bond motifs is 1. The van der Waals surface area contributed by atoms with E-state index in [0.29, 0.717) is 6.61 Å². The molecule has 0 radical (unpaired) electrons. The molecule has 1 heterocycles. The van der Waals surface area contributed by atoms with Gasteiger partial charge in [-0.3, -0.25) is 0 Å². The van der Waals surface area contributed by atoms with Crippen LogP contribution < -0.4 is 10.1 Å². The minimum atomic E-state index is 0.117. The van der Waals surface area contributed by atoms with E-state index in [1.807, 2.05) is 12.1 Å². The highest BCUT2D eigenvalue weighted by atomic mass is 79.9. The zero-order chi connectivity index (χ0) is 14.6. The van der Waals surface area contributed by atoms with Crippen LogP contribution >= 0.6 is 15.9 Å². The number of hydrogen-bond donors (Lipinski definition) is 2. The zero-order valence-corrected chi connectivity index (χ0v) is 13.7. The van der Waals surface area contributed by atoms with Gasteiger partial charge in [-0.2, -0.15) is 0 Å². The van der Waals surface area contributed by atoms with E-state index in [1.165, 1.54) is 5.57 Å². The number of aliphatic hydroxyl groups is 1. The lowest BCUT2D eigenvalue weighted by molar-refractivity contribution is 0.208. The molecule has 2 rings (SSSR count). The lowest BCUT2D eigenvalue weighted by Gasteiger charge is -2.25. The highest BCUT2D eigenvalue weighted by Crippen LogP contribution is 2.29. The van der Waals surface area contributed by atoms with Crippen LogP contribution in [0.15, 0.2) is 28.2 Å². The summed E-state index contributed by atoms with van der Waals surface area (Å²) < 4.78 is 6.82. The van der Waals surface area contributed by atoms with Gasteiger partial charge in [0.15, 0.2) is 0 Å². The molecule has 0 atom stereocenters. The van der Waals surface area contributed by atoms with Crippen molar-refractivity contribution in [3.05, 3.63) is 33.8 Å². The van der Waals surface area contributed by atoms with Gasteiger partial charge in [-0.1, -0.05) is 29.8 Å². The van der Waals surface area contributed by atoms with Crippen LogP contribution in [0.1, 0.15) is 25.8 Å². The van der Waals surface area contributed by atoms with Gasteiger partial charge in [-0.05, 0) is 41.7 Å². The van der Waals surface area contributed by atoms with Crippen LogP contribution in [-0.4, -0.2) is 31.4 Å². The average molecular weight is 340 g/mol. The second-order valence-corrected chi connectivity index (χ2v) is 6.93. The number of nitrogens with one attached hydrogen (secondary N) is 1. The van der Waals surface area contributed by atoms with Crippen LogP contribution in [0.3, 0.4) is 0 Å². The molecule has 0 aromatic heterocycles. The summed E-state index contributed by atoms with van der Waals surface area (Å²) in [7, 11) is 0. The Balaban J connectivity index is 1.92. The Morgan fingerprint density at radius 1 is 1.40 bits per heavy atom. The average Bonchev–Trinajstić information content (AvgIpc) is 2.38. The van der Waals surface area contributed by atoms with Gasteiger partial charge in [0.1, 0.15) is 12.4 Å². The summed E-state index contributed by atoms with van der Waals surface area (Å²) in [4.78, 5) is 0. The van der Waals surface area contributed by atoms with Crippen molar-refractivity contribution in [1.29, 1.82) is 0 Å². The Morgan fingerprint density at radius 2 is 2.20 bits per heavy atom. The summed E-state index contributed by atoms with van der Waals surface area (Å²) >= 11 is 3.48. The van der Waals surface area contributed by atoms with E-state index >= 15 is 0 Å². The third-order valence-electron chi connectivity index (χ3n) is 3.49. The zero-order valence-electron chi connectivity index (χ0n) is 12.1. The Labute approximate surface area is 129 Å². The number of rotatable bonds is 6. The van der Waals surface area contributed by atoms with Crippen LogP contribution in [0.2, 0.25) is 0 Å². The topological polar surface area (TPSA) is 41.5 Å². The molecule has 1 aromatic carbocycles. The first-order valence-corrected chi connectivity index (χ1v) is 7.73. The number of aliphatic hydroxyl groups excluding tert-OH is 1. The van der Waals surface area contributed by atoms with Gasteiger partial charge in [0.25, 0.3) is 0 Å². The fourth-order valence-corrected chi connectivity index (χ4v) is 2.63. The summed E-state index contributed by atoms with van der Waals surface area (Å²) in [5.41, 5.74) is 2.48. The summed E-state index contributed by atoms with van der Waals surface area (Å²) in [6.07, 6.45) is 3.00. The molecule has 0 spiro atoms. The molecule has 0 saturated carbocycles. The third-order valence-corrected chi connectivity index (χ3v) is 3.98. The van der Waals surface area contributed by atoms with E-state index < -0.39 is 0 Å². The van der Waals surface area contributed by atoms with Crippen LogP contribution in [0.25, 0.3) is 6.08 Å². The highest BCUT2D eigenvalue weighted by molar-refractivity contribution is 9.10. The van der Waals surface area contributed by atoms with Crippen molar-refractivity contribution in [3.63, 3.8) is 0 Å². The maximum absolute atomic E-state index is 9.02. The minimum Gasteiger partial charge on any atom is -0.489 e. The monoisotopic (exact) mass is 339 g/mol. The highest BCUT2D eigenvalue weighted by Gasteiger charge is 2.17. The van der Waals surface area contributed by atoms with Crippen molar-refractivity contribution in [2.45, 2.75) is 20.3 Å². The van der Waals surface area contributed by atoms with Gasteiger partial charge in [0, 0.05) is 29.7 Å². The number of ether oxygens (including phenoxy) is 1. The molecular weight excluding hydrogens is 318 g/mol. The van der Waals surface area contributed by atoms with Gasteiger partial charge < -0.3 is 15.2 Å². The molecule has 1 aromatic rings. The van der Waals surface area contributed by atoms with Gasteiger partial charge in [-0.25, -0.2) is 0 Å². The number of hydrogen-bond acceptors (Lipinski definition) is 3.